The van der Waals surface area contributed by atoms with Crippen LogP contribution in [0.3, 0.4) is 0 Å². The highest BCUT2D eigenvalue weighted by Crippen LogP contribution is 2.32. The maximum Gasteiger partial charge on any atom is 0.230 e. The number of nitrogens with one attached hydrogen (secondary N) is 1. The van der Waals surface area contributed by atoms with Crippen LogP contribution in [0.15, 0.2) is 77.5 Å². The number of aryl methyl sites for hydroxylation is 1. The highest BCUT2D eigenvalue weighted by atomic mass is 32.1. The Balaban J connectivity index is 1.56. The number of carbonyl (C=O) groups is 1. The Hall–Kier alpha value is -2.80. The Labute approximate surface area is 191 Å². The Bertz CT molecular complexity index is 1120. The van der Waals surface area contributed by atoms with Gasteiger partial charge in [0.25, 0.3) is 0 Å². The minimum Gasteiger partial charge on any atom is -0.300 e. The quantitative estimate of drug-likeness (QED) is 0.343. The lowest BCUT2D eigenvalue weighted by atomic mass is 10.1. The number of hydrogen-bond donors (Lipinski definition) is 1. The number of para-hydroxylation sites is 1. The first kappa shape index (κ1) is 21.4. The minimum atomic E-state index is -0.0319. The number of rotatable bonds is 8. The molecule has 0 saturated carbocycles. The first-order chi connectivity index (χ1) is 15.2. The Kier molecular flexibility index (Phi) is 6.92. The average molecular weight is 448 g/mol. The van der Waals surface area contributed by atoms with Crippen molar-refractivity contribution in [2.75, 3.05) is 4.90 Å². The number of carbonyl (C=O) groups excluding carboxylic acids is 1. The maximum absolute atomic E-state index is 12.5. The van der Waals surface area contributed by atoms with Crippen molar-refractivity contribution in [1.29, 1.82) is 0 Å². The zero-order chi connectivity index (χ0) is 21.6. The molecule has 0 spiro atoms. The average Bonchev–Trinajstić information content (AvgIpc) is 3.48. The molecular weight excluding hydrogens is 422 g/mol. The molecule has 0 aliphatic carbocycles. The lowest BCUT2D eigenvalue weighted by Gasteiger charge is -2.21. The van der Waals surface area contributed by atoms with E-state index in [1.54, 1.807) is 23.2 Å². The van der Waals surface area contributed by atoms with Crippen LogP contribution in [-0.4, -0.2) is 10.9 Å². The molecule has 1 amide bonds. The van der Waals surface area contributed by atoms with Crippen LogP contribution in [0.25, 0.3) is 0 Å². The first-order valence-electron chi connectivity index (χ1n) is 10.3. The molecule has 0 unspecified atom stereocenters. The van der Waals surface area contributed by atoms with Gasteiger partial charge in [-0.15, -0.1) is 22.7 Å². The van der Waals surface area contributed by atoms with Crippen molar-refractivity contribution in [3.05, 3.63) is 99.2 Å². The molecular formula is C25H25N3OS2. The van der Waals surface area contributed by atoms with Gasteiger partial charge < -0.3 is 0 Å². The molecule has 2 heterocycles. The lowest BCUT2D eigenvalue weighted by Crippen LogP contribution is -2.24. The first-order valence-corrected chi connectivity index (χ1v) is 12.1. The van der Waals surface area contributed by atoms with Crippen molar-refractivity contribution >= 4 is 39.4 Å². The largest absolute Gasteiger partial charge is 0.300 e. The van der Waals surface area contributed by atoms with Gasteiger partial charge in [0, 0.05) is 23.7 Å². The van der Waals surface area contributed by atoms with Crippen LogP contribution >= 0.6 is 22.7 Å². The molecule has 1 N–H and O–H groups in total. The number of aromatic nitrogens is 1. The molecule has 0 radical (unpaired) electrons. The fraction of sp³-hybridized carbons (Fsp3) is 0.200. The highest BCUT2D eigenvalue weighted by molar-refractivity contribution is 7.14. The van der Waals surface area contributed by atoms with E-state index in [4.69, 9.17) is 4.98 Å². The van der Waals surface area contributed by atoms with E-state index < -0.39 is 0 Å². The SMILES string of the molecule is CCc1ccccc1N(C(C)=O)c1nc(CN[C@@H](c2ccccc2)c2cccs2)cs1. The van der Waals surface area contributed by atoms with Gasteiger partial charge in [-0.25, -0.2) is 4.98 Å². The summed E-state index contributed by atoms with van der Waals surface area (Å²) in [4.78, 5) is 20.3. The zero-order valence-corrected chi connectivity index (χ0v) is 19.2. The second-order valence-electron chi connectivity index (χ2n) is 7.20. The zero-order valence-electron chi connectivity index (χ0n) is 17.6. The van der Waals surface area contributed by atoms with Gasteiger partial charge in [-0.3, -0.25) is 15.0 Å². The molecule has 6 heteroatoms. The predicted octanol–water partition coefficient (Wildman–Crippen LogP) is 6.33. The van der Waals surface area contributed by atoms with Crippen LogP contribution in [0.4, 0.5) is 10.8 Å². The fourth-order valence-electron chi connectivity index (χ4n) is 3.61. The summed E-state index contributed by atoms with van der Waals surface area (Å²) in [5.74, 6) is -0.0319. The summed E-state index contributed by atoms with van der Waals surface area (Å²) in [5, 5.41) is 8.49. The molecule has 0 bridgehead atoms. The van der Waals surface area contributed by atoms with E-state index >= 15 is 0 Å². The number of nitrogens with zero attached hydrogens (tertiary/aromatic N) is 2. The summed E-state index contributed by atoms with van der Waals surface area (Å²) >= 11 is 3.24. The predicted molar refractivity (Wildman–Crippen MR) is 130 cm³/mol. The van der Waals surface area contributed by atoms with Gasteiger partial charge in [0.15, 0.2) is 5.13 Å². The number of thiazole rings is 1. The van der Waals surface area contributed by atoms with E-state index in [0.29, 0.717) is 11.7 Å². The minimum absolute atomic E-state index is 0.0319. The van der Waals surface area contributed by atoms with E-state index in [-0.39, 0.29) is 11.9 Å². The molecule has 4 nitrogen and oxygen atoms in total. The molecule has 0 fully saturated rings. The second kappa shape index (κ2) is 10.0. The molecule has 0 saturated heterocycles. The Morgan fingerprint density at radius 3 is 2.52 bits per heavy atom. The van der Waals surface area contributed by atoms with Gasteiger partial charge in [-0.05, 0) is 35.1 Å². The Morgan fingerprint density at radius 2 is 1.81 bits per heavy atom. The van der Waals surface area contributed by atoms with Crippen LogP contribution < -0.4 is 10.2 Å². The number of anilines is 2. The third kappa shape index (κ3) is 4.93. The molecule has 4 rings (SSSR count). The normalized spacial score (nSPS) is 11.9. The second-order valence-corrected chi connectivity index (χ2v) is 9.01. The fourth-order valence-corrected chi connectivity index (χ4v) is 5.31. The van der Waals surface area contributed by atoms with E-state index in [1.807, 2.05) is 29.6 Å². The number of amides is 1. The van der Waals surface area contributed by atoms with E-state index in [1.165, 1.54) is 21.8 Å². The van der Waals surface area contributed by atoms with Crippen LogP contribution in [0, 0.1) is 0 Å². The van der Waals surface area contributed by atoms with Crippen LogP contribution in [-0.2, 0) is 17.8 Å². The summed E-state index contributed by atoms with van der Waals surface area (Å²) < 4.78 is 0. The molecule has 158 valence electrons. The van der Waals surface area contributed by atoms with Crippen molar-refractivity contribution in [1.82, 2.24) is 10.3 Å². The number of benzene rings is 2. The smallest absolute Gasteiger partial charge is 0.230 e. The van der Waals surface area contributed by atoms with Gasteiger partial charge >= 0.3 is 0 Å². The Morgan fingerprint density at radius 1 is 1.03 bits per heavy atom. The number of thiophene rings is 1. The van der Waals surface area contributed by atoms with Gasteiger partial charge in [0.2, 0.25) is 5.91 Å². The van der Waals surface area contributed by atoms with Crippen molar-refractivity contribution in [3.8, 4) is 0 Å². The van der Waals surface area contributed by atoms with Crippen molar-refractivity contribution < 1.29 is 4.79 Å². The monoisotopic (exact) mass is 447 g/mol. The van der Waals surface area contributed by atoms with E-state index in [2.05, 4.69) is 60.1 Å². The molecule has 0 aliphatic heterocycles. The summed E-state index contributed by atoms with van der Waals surface area (Å²) in [5.41, 5.74) is 4.20. The van der Waals surface area contributed by atoms with E-state index in [9.17, 15) is 4.79 Å². The topological polar surface area (TPSA) is 45.2 Å². The summed E-state index contributed by atoms with van der Waals surface area (Å²) in [6, 6.07) is 22.8. The summed E-state index contributed by atoms with van der Waals surface area (Å²) in [6.45, 7) is 4.31. The molecule has 2 aromatic heterocycles. The van der Waals surface area contributed by atoms with Gasteiger partial charge in [0.1, 0.15) is 0 Å². The molecule has 4 aromatic rings. The lowest BCUT2D eigenvalue weighted by molar-refractivity contribution is -0.115. The van der Waals surface area contributed by atoms with Crippen LogP contribution in [0.2, 0.25) is 0 Å². The molecule has 2 aromatic carbocycles. The molecule has 0 aliphatic rings. The van der Waals surface area contributed by atoms with Gasteiger partial charge in [0.05, 0.1) is 17.4 Å². The van der Waals surface area contributed by atoms with Crippen LogP contribution in [0.1, 0.15) is 41.6 Å². The van der Waals surface area contributed by atoms with Crippen molar-refractivity contribution in [3.63, 3.8) is 0 Å². The van der Waals surface area contributed by atoms with Gasteiger partial charge in [-0.1, -0.05) is 61.5 Å². The molecule has 31 heavy (non-hydrogen) atoms. The summed E-state index contributed by atoms with van der Waals surface area (Å²) in [6.07, 6.45) is 0.860. The number of hydrogen-bond acceptors (Lipinski definition) is 5. The third-order valence-corrected chi connectivity index (χ3v) is 6.92. The standard InChI is InChI=1S/C25H25N3OS2/c1-3-19-10-7-8-13-22(19)28(18(2)29)25-27-21(17-31-25)16-26-24(23-14-9-15-30-23)20-11-5-4-6-12-20/h4-15,17,24,26H,3,16H2,1-2H3/t24-/m0/s1. The maximum atomic E-state index is 12.5. The van der Waals surface area contributed by atoms with Gasteiger partial charge in [-0.2, -0.15) is 0 Å². The molecule has 1 atom stereocenters. The van der Waals surface area contributed by atoms with Crippen molar-refractivity contribution in [2.24, 2.45) is 0 Å². The summed E-state index contributed by atoms with van der Waals surface area (Å²) in [7, 11) is 0. The highest BCUT2D eigenvalue weighted by Gasteiger charge is 2.21. The van der Waals surface area contributed by atoms with Crippen LogP contribution in [0.5, 0.6) is 0 Å². The van der Waals surface area contributed by atoms with E-state index in [0.717, 1.165) is 23.4 Å². The third-order valence-electron chi connectivity index (χ3n) is 5.11. The van der Waals surface area contributed by atoms with Crippen molar-refractivity contribution in [2.45, 2.75) is 32.9 Å².